The molecule has 1 N–H and O–H groups in total. The molecule has 1 saturated heterocycles. The lowest BCUT2D eigenvalue weighted by Gasteiger charge is -2.32. The number of carbonyl (C=O) groups is 1. The van der Waals surface area contributed by atoms with Gasteiger partial charge in [-0.3, -0.25) is 15.2 Å². The molecule has 3 aromatic carbocycles. The van der Waals surface area contributed by atoms with Crippen molar-refractivity contribution in [2.24, 2.45) is 0 Å². The molecule has 0 atom stereocenters. The molecule has 0 saturated carbocycles. The Labute approximate surface area is 255 Å². The normalized spacial score (nSPS) is 13.7. The quantitative estimate of drug-likeness (QED) is 0.199. The number of carbonyl (C=O) groups excluding carboxylic acids is 1. The molecule has 8 heteroatoms. The minimum atomic E-state index is -0.421. The minimum absolute atomic E-state index is 0.0953. The molecule has 6 nitrogen and oxygen atoms in total. The van der Waals surface area contributed by atoms with Gasteiger partial charge in [0.25, 0.3) is 5.91 Å². The van der Waals surface area contributed by atoms with Crippen molar-refractivity contribution in [2.75, 3.05) is 13.1 Å². The number of imidazole rings is 1. The molecule has 0 radical (unpaired) electrons. The standard InChI is InChI=1S/C36H33F2N5O/c1-23(2)17-27-19-28(21-40-34(27)33(39)26-8-6-10-30(38)20-26)36(44)42-15-13-25(14-16-42)35-41-31-11-3-4-12-32(31)43(35)22-24-7-5-9-29(37)18-24/h3-12,17-21,25,39H,13-16,22H2,1-2H3. The molecule has 0 spiro atoms. The first kappa shape index (κ1) is 29.1. The van der Waals surface area contributed by atoms with E-state index in [2.05, 4.69) is 9.55 Å². The molecular formula is C36H33F2N5O. The van der Waals surface area contributed by atoms with Crippen molar-refractivity contribution < 1.29 is 13.6 Å². The van der Waals surface area contributed by atoms with Crippen LogP contribution in [0.15, 0.2) is 90.6 Å². The number of rotatable bonds is 7. The van der Waals surface area contributed by atoms with Gasteiger partial charge in [0, 0.05) is 42.9 Å². The lowest BCUT2D eigenvalue weighted by molar-refractivity contribution is 0.0710. The van der Waals surface area contributed by atoms with E-state index in [4.69, 9.17) is 10.4 Å². The maximum absolute atomic E-state index is 14.0. The van der Waals surface area contributed by atoms with Crippen LogP contribution in [0.5, 0.6) is 0 Å². The van der Waals surface area contributed by atoms with Gasteiger partial charge in [0.05, 0.1) is 28.0 Å². The highest BCUT2D eigenvalue weighted by Crippen LogP contribution is 2.32. The molecule has 0 aliphatic carbocycles. The zero-order chi connectivity index (χ0) is 30.8. The Morgan fingerprint density at radius 3 is 2.39 bits per heavy atom. The van der Waals surface area contributed by atoms with Crippen LogP contribution in [0.3, 0.4) is 0 Å². The van der Waals surface area contributed by atoms with Crippen LogP contribution < -0.4 is 0 Å². The van der Waals surface area contributed by atoms with Crippen LogP contribution in [0.1, 0.15) is 71.2 Å². The number of likely N-dealkylation sites (tertiary alicyclic amines) is 1. The molecule has 222 valence electrons. The Balaban J connectivity index is 1.22. The molecule has 1 fully saturated rings. The van der Waals surface area contributed by atoms with E-state index in [0.717, 1.165) is 40.8 Å². The molecule has 1 aliphatic rings. The second-order valence-corrected chi connectivity index (χ2v) is 11.5. The highest BCUT2D eigenvalue weighted by molar-refractivity contribution is 6.12. The Morgan fingerprint density at radius 2 is 1.66 bits per heavy atom. The summed E-state index contributed by atoms with van der Waals surface area (Å²) in [5.74, 6) is 0.303. The van der Waals surface area contributed by atoms with Crippen LogP contribution in [-0.2, 0) is 6.54 Å². The van der Waals surface area contributed by atoms with E-state index >= 15 is 0 Å². The number of hydrogen-bond acceptors (Lipinski definition) is 4. The van der Waals surface area contributed by atoms with Crippen LogP contribution in [0.25, 0.3) is 17.1 Å². The summed E-state index contributed by atoms with van der Waals surface area (Å²) in [4.78, 5) is 25.0. The van der Waals surface area contributed by atoms with Crippen LogP contribution in [-0.4, -0.2) is 44.1 Å². The number of benzene rings is 3. The topological polar surface area (TPSA) is 74.9 Å². The summed E-state index contributed by atoms with van der Waals surface area (Å²) in [5, 5.41) is 8.69. The largest absolute Gasteiger partial charge is 0.339 e. The summed E-state index contributed by atoms with van der Waals surface area (Å²) < 4.78 is 30.0. The zero-order valence-electron chi connectivity index (χ0n) is 24.7. The summed E-state index contributed by atoms with van der Waals surface area (Å²) in [6, 6.07) is 22.3. The Morgan fingerprint density at radius 1 is 0.932 bits per heavy atom. The van der Waals surface area contributed by atoms with Gasteiger partial charge in [-0.25, -0.2) is 13.8 Å². The summed E-state index contributed by atoms with van der Waals surface area (Å²) in [6.07, 6.45) is 4.89. The molecule has 2 aromatic heterocycles. The number of aromatic nitrogens is 3. The molecule has 1 aliphatic heterocycles. The molecule has 5 aromatic rings. The van der Waals surface area contributed by atoms with Gasteiger partial charge in [-0.15, -0.1) is 0 Å². The van der Waals surface area contributed by atoms with Gasteiger partial charge in [0.1, 0.15) is 17.5 Å². The Hall–Kier alpha value is -4.98. The lowest BCUT2D eigenvalue weighted by Crippen LogP contribution is -2.38. The van der Waals surface area contributed by atoms with E-state index in [1.54, 1.807) is 30.3 Å². The van der Waals surface area contributed by atoms with Gasteiger partial charge in [0.15, 0.2) is 0 Å². The highest BCUT2D eigenvalue weighted by atomic mass is 19.1. The van der Waals surface area contributed by atoms with Crippen molar-refractivity contribution in [3.05, 3.63) is 136 Å². The first-order valence-electron chi connectivity index (χ1n) is 14.8. The second kappa shape index (κ2) is 12.3. The predicted molar refractivity (Wildman–Crippen MR) is 169 cm³/mol. The summed E-state index contributed by atoms with van der Waals surface area (Å²) in [6.45, 7) is 5.52. The van der Waals surface area contributed by atoms with Crippen molar-refractivity contribution >= 4 is 28.7 Å². The van der Waals surface area contributed by atoms with Gasteiger partial charge in [-0.1, -0.05) is 48.0 Å². The fraction of sp³-hybridized carbons (Fsp3) is 0.222. The van der Waals surface area contributed by atoms with Crippen molar-refractivity contribution in [1.29, 1.82) is 5.41 Å². The molecular weight excluding hydrogens is 556 g/mol. The number of amides is 1. The monoisotopic (exact) mass is 589 g/mol. The van der Waals surface area contributed by atoms with Crippen molar-refractivity contribution in [1.82, 2.24) is 19.4 Å². The van der Waals surface area contributed by atoms with Crippen LogP contribution in [0.2, 0.25) is 0 Å². The third-order valence-electron chi connectivity index (χ3n) is 8.02. The Kier molecular flexibility index (Phi) is 8.15. The highest BCUT2D eigenvalue weighted by Gasteiger charge is 2.29. The SMILES string of the molecule is CC(C)=Cc1cc(C(=O)N2CCC(c3nc4ccccc4n3Cc3cccc(F)c3)CC2)cnc1C(=N)c1cccc(F)c1. The van der Waals surface area contributed by atoms with Gasteiger partial charge < -0.3 is 9.47 Å². The maximum atomic E-state index is 14.0. The Bertz CT molecular complexity index is 1900. The van der Waals surface area contributed by atoms with E-state index in [1.165, 1.54) is 24.4 Å². The molecule has 44 heavy (non-hydrogen) atoms. The predicted octanol–water partition coefficient (Wildman–Crippen LogP) is 7.62. The van der Waals surface area contributed by atoms with Crippen LogP contribution in [0, 0.1) is 17.0 Å². The van der Waals surface area contributed by atoms with Crippen molar-refractivity contribution in [3.63, 3.8) is 0 Å². The smallest absolute Gasteiger partial charge is 0.255 e. The fourth-order valence-corrected chi connectivity index (χ4v) is 5.92. The average Bonchev–Trinajstić information content (AvgIpc) is 3.38. The van der Waals surface area contributed by atoms with E-state index in [9.17, 15) is 13.6 Å². The van der Waals surface area contributed by atoms with Crippen molar-refractivity contribution in [3.8, 4) is 0 Å². The number of para-hydroxylation sites is 2. The molecule has 1 amide bonds. The molecule has 3 heterocycles. The zero-order valence-corrected chi connectivity index (χ0v) is 24.7. The number of nitrogens with zero attached hydrogens (tertiary/aromatic N) is 4. The minimum Gasteiger partial charge on any atom is -0.339 e. The van der Waals surface area contributed by atoms with Gasteiger partial charge >= 0.3 is 0 Å². The van der Waals surface area contributed by atoms with E-state index in [1.807, 2.05) is 55.2 Å². The summed E-state index contributed by atoms with van der Waals surface area (Å²) >= 11 is 0. The summed E-state index contributed by atoms with van der Waals surface area (Å²) in [7, 11) is 0. The molecule has 0 unspecified atom stereocenters. The average molecular weight is 590 g/mol. The van der Waals surface area contributed by atoms with Crippen molar-refractivity contribution in [2.45, 2.75) is 39.2 Å². The maximum Gasteiger partial charge on any atom is 0.255 e. The van der Waals surface area contributed by atoms with E-state index in [-0.39, 0.29) is 23.4 Å². The second-order valence-electron chi connectivity index (χ2n) is 11.5. The third kappa shape index (κ3) is 6.06. The van der Waals surface area contributed by atoms with E-state index < -0.39 is 5.82 Å². The summed E-state index contributed by atoms with van der Waals surface area (Å²) in [5.41, 5.74) is 5.78. The first-order chi connectivity index (χ1) is 21.3. The van der Waals surface area contributed by atoms with Gasteiger partial charge in [0.2, 0.25) is 0 Å². The van der Waals surface area contributed by atoms with Crippen LogP contribution in [0.4, 0.5) is 8.78 Å². The lowest BCUT2D eigenvalue weighted by atomic mass is 9.95. The van der Waals surface area contributed by atoms with Gasteiger partial charge in [-0.2, -0.15) is 0 Å². The molecule has 0 bridgehead atoms. The fourth-order valence-electron chi connectivity index (χ4n) is 5.92. The number of allylic oxidation sites excluding steroid dienone is 1. The van der Waals surface area contributed by atoms with Gasteiger partial charge in [-0.05, 0) is 74.7 Å². The first-order valence-corrected chi connectivity index (χ1v) is 14.8. The third-order valence-corrected chi connectivity index (χ3v) is 8.02. The number of halogens is 2. The molecule has 6 rings (SSSR count). The number of fused-ring (bicyclic) bond motifs is 1. The van der Waals surface area contributed by atoms with E-state index in [0.29, 0.717) is 42.0 Å². The number of piperidine rings is 1. The number of hydrogen-bond donors (Lipinski definition) is 1. The number of pyridine rings is 1. The number of nitrogens with one attached hydrogen (secondary N) is 1. The van der Waals surface area contributed by atoms with Crippen LogP contribution >= 0.6 is 0 Å².